The summed E-state index contributed by atoms with van der Waals surface area (Å²) in [4.78, 5) is 10.9. The van der Waals surface area contributed by atoms with Crippen LogP contribution in [0.3, 0.4) is 0 Å². The van der Waals surface area contributed by atoms with Gasteiger partial charge in [-0.3, -0.25) is 4.90 Å². The van der Waals surface area contributed by atoms with Crippen LogP contribution in [0.4, 0.5) is 30.6 Å². The van der Waals surface area contributed by atoms with Crippen molar-refractivity contribution >= 4 is 17.5 Å². The predicted octanol–water partition coefficient (Wildman–Crippen LogP) is 5.71. The Balaban J connectivity index is 1.27. The molecule has 3 aliphatic rings. The van der Waals surface area contributed by atoms with Crippen molar-refractivity contribution in [2.75, 3.05) is 17.2 Å². The molecule has 3 heterocycles. The SMILES string of the molecule is CC1(C)CC[C@H]2C[C@@H](Nc3nc(Nc4ccc(OC5CCC5)c(OC(F)F)c4)ncc3F)CCN21. The first kappa shape index (κ1) is 24.0. The Morgan fingerprint density at radius 1 is 1.14 bits per heavy atom. The summed E-state index contributed by atoms with van der Waals surface area (Å²) < 4.78 is 50.9. The minimum absolute atomic E-state index is 0.0186. The Morgan fingerprint density at radius 2 is 1.97 bits per heavy atom. The maximum absolute atomic E-state index is 14.5. The highest BCUT2D eigenvalue weighted by Gasteiger charge is 2.42. The molecule has 0 radical (unpaired) electrons. The number of fused-ring (bicyclic) bond motifs is 1. The molecule has 190 valence electrons. The van der Waals surface area contributed by atoms with Crippen LogP contribution in [0.1, 0.15) is 58.8 Å². The van der Waals surface area contributed by atoms with Crippen molar-refractivity contribution in [3.8, 4) is 11.5 Å². The zero-order valence-corrected chi connectivity index (χ0v) is 20.1. The number of hydrogen-bond acceptors (Lipinski definition) is 7. The quantitative estimate of drug-likeness (QED) is 0.490. The van der Waals surface area contributed by atoms with E-state index in [0.717, 1.165) is 51.3 Å². The molecule has 2 saturated heterocycles. The van der Waals surface area contributed by atoms with Crippen LogP contribution in [0.25, 0.3) is 0 Å². The lowest BCUT2D eigenvalue weighted by molar-refractivity contribution is -0.0526. The van der Waals surface area contributed by atoms with Crippen LogP contribution in [0.5, 0.6) is 11.5 Å². The van der Waals surface area contributed by atoms with Crippen molar-refractivity contribution in [2.45, 2.75) is 89.1 Å². The lowest BCUT2D eigenvalue weighted by atomic mass is 9.96. The van der Waals surface area contributed by atoms with E-state index >= 15 is 0 Å². The molecule has 2 atom stereocenters. The summed E-state index contributed by atoms with van der Waals surface area (Å²) >= 11 is 0. The number of benzene rings is 1. The van der Waals surface area contributed by atoms with Crippen LogP contribution in [0.2, 0.25) is 0 Å². The number of rotatable bonds is 8. The zero-order valence-electron chi connectivity index (χ0n) is 20.1. The molecule has 1 aliphatic carbocycles. The number of hydrogen-bond donors (Lipinski definition) is 2. The van der Waals surface area contributed by atoms with Gasteiger partial charge in [-0.1, -0.05) is 0 Å². The third kappa shape index (κ3) is 5.42. The van der Waals surface area contributed by atoms with Gasteiger partial charge in [0, 0.05) is 35.9 Å². The van der Waals surface area contributed by atoms with E-state index in [4.69, 9.17) is 4.74 Å². The van der Waals surface area contributed by atoms with Gasteiger partial charge < -0.3 is 20.1 Å². The second kappa shape index (κ2) is 9.72. The molecule has 1 saturated carbocycles. The van der Waals surface area contributed by atoms with Crippen LogP contribution in [-0.4, -0.2) is 51.8 Å². The first-order valence-corrected chi connectivity index (χ1v) is 12.4. The molecule has 0 spiro atoms. The number of ether oxygens (including phenoxy) is 2. The van der Waals surface area contributed by atoms with Gasteiger partial charge in [-0.05, 0) is 70.9 Å². The van der Waals surface area contributed by atoms with Crippen molar-refractivity contribution in [3.63, 3.8) is 0 Å². The molecular weight excluding hydrogens is 459 g/mol. The van der Waals surface area contributed by atoms with Crippen LogP contribution in [-0.2, 0) is 0 Å². The van der Waals surface area contributed by atoms with E-state index in [0.29, 0.717) is 11.7 Å². The maximum Gasteiger partial charge on any atom is 0.387 e. The molecule has 35 heavy (non-hydrogen) atoms. The van der Waals surface area contributed by atoms with Crippen LogP contribution in [0, 0.1) is 5.82 Å². The van der Waals surface area contributed by atoms with Gasteiger partial charge in [0.2, 0.25) is 5.95 Å². The number of alkyl halides is 2. The van der Waals surface area contributed by atoms with E-state index in [1.54, 1.807) is 12.1 Å². The van der Waals surface area contributed by atoms with Gasteiger partial charge in [0.25, 0.3) is 0 Å². The Labute approximate surface area is 203 Å². The van der Waals surface area contributed by atoms with E-state index in [9.17, 15) is 13.2 Å². The van der Waals surface area contributed by atoms with Crippen molar-refractivity contribution < 1.29 is 22.6 Å². The Kier molecular flexibility index (Phi) is 6.65. The molecule has 2 aliphatic heterocycles. The molecule has 1 aromatic heterocycles. The summed E-state index contributed by atoms with van der Waals surface area (Å²) in [7, 11) is 0. The highest BCUT2D eigenvalue weighted by molar-refractivity contribution is 5.60. The minimum atomic E-state index is -2.98. The summed E-state index contributed by atoms with van der Waals surface area (Å²) in [6.07, 6.45) is 8.13. The third-order valence-electron chi connectivity index (χ3n) is 7.43. The average Bonchev–Trinajstić information content (AvgIpc) is 3.08. The Bertz CT molecular complexity index is 1050. The van der Waals surface area contributed by atoms with E-state index in [1.165, 1.54) is 12.5 Å². The normalized spacial score (nSPS) is 24.1. The lowest BCUT2D eigenvalue weighted by Gasteiger charge is -2.42. The maximum atomic E-state index is 14.5. The first-order valence-electron chi connectivity index (χ1n) is 12.4. The van der Waals surface area contributed by atoms with E-state index in [-0.39, 0.29) is 40.9 Å². The van der Waals surface area contributed by atoms with Crippen molar-refractivity contribution in [3.05, 3.63) is 30.2 Å². The fourth-order valence-electron chi connectivity index (χ4n) is 5.31. The molecular formula is C25H32F3N5O2. The molecule has 0 bridgehead atoms. The number of nitrogens with zero attached hydrogens (tertiary/aromatic N) is 3. The number of piperidine rings is 1. The van der Waals surface area contributed by atoms with Gasteiger partial charge in [0.1, 0.15) is 0 Å². The smallest absolute Gasteiger partial charge is 0.387 e. The molecule has 5 rings (SSSR count). The molecule has 0 unspecified atom stereocenters. The molecule has 7 nitrogen and oxygen atoms in total. The van der Waals surface area contributed by atoms with Gasteiger partial charge in [-0.25, -0.2) is 9.37 Å². The van der Waals surface area contributed by atoms with Gasteiger partial charge >= 0.3 is 6.61 Å². The van der Waals surface area contributed by atoms with Crippen molar-refractivity contribution in [1.82, 2.24) is 14.9 Å². The van der Waals surface area contributed by atoms with Gasteiger partial charge in [0.15, 0.2) is 23.1 Å². The fraction of sp³-hybridized carbons (Fsp3) is 0.600. The van der Waals surface area contributed by atoms with Crippen LogP contribution >= 0.6 is 0 Å². The molecule has 3 fully saturated rings. The number of halogens is 3. The van der Waals surface area contributed by atoms with Gasteiger partial charge in [-0.15, -0.1) is 0 Å². The predicted molar refractivity (Wildman–Crippen MR) is 127 cm³/mol. The summed E-state index contributed by atoms with van der Waals surface area (Å²) in [5, 5.41) is 6.22. The second-order valence-corrected chi connectivity index (χ2v) is 10.3. The topological polar surface area (TPSA) is 71.5 Å². The lowest BCUT2D eigenvalue weighted by Crippen LogP contribution is -2.50. The molecule has 10 heteroatoms. The highest BCUT2D eigenvalue weighted by Crippen LogP contribution is 2.39. The third-order valence-corrected chi connectivity index (χ3v) is 7.43. The number of nitrogens with one attached hydrogen (secondary N) is 2. The number of aromatic nitrogens is 2. The van der Waals surface area contributed by atoms with Crippen LogP contribution in [0.15, 0.2) is 24.4 Å². The molecule has 0 amide bonds. The summed E-state index contributed by atoms with van der Waals surface area (Å²) in [6.45, 7) is 2.55. The van der Waals surface area contributed by atoms with E-state index in [1.807, 2.05) is 0 Å². The molecule has 1 aromatic carbocycles. The minimum Gasteiger partial charge on any atom is -0.487 e. The van der Waals surface area contributed by atoms with Gasteiger partial charge in [0.05, 0.1) is 12.3 Å². The average molecular weight is 492 g/mol. The highest BCUT2D eigenvalue weighted by atomic mass is 19.3. The zero-order chi connectivity index (χ0) is 24.6. The molecule has 2 N–H and O–H groups in total. The fourth-order valence-corrected chi connectivity index (χ4v) is 5.31. The molecule has 2 aromatic rings. The van der Waals surface area contributed by atoms with Gasteiger partial charge in [-0.2, -0.15) is 13.8 Å². The summed E-state index contributed by atoms with van der Waals surface area (Å²) in [6, 6.07) is 5.28. The standard InChI is InChI=1S/C25H32F3N5O2/c1-25(2)10-8-17-12-16(9-11-33(17)25)30-22-19(26)14-29-24(32-22)31-15-6-7-20(34-18-4-3-5-18)21(13-15)35-23(27)28/h6-7,13-14,16-18,23H,3-5,8-12H2,1-2H3,(H2,29,30,31,32)/t16-,17-/m0/s1. The monoisotopic (exact) mass is 491 g/mol. The van der Waals surface area contributed by atoms with Crippen LogP contribution < -0.4 is 20.1 Å². The summed E-state index contributed by atoms with van der Waals surface area (Å²) in [5.74, 6) is -0.0418. The number of anilines is 3. The Morgan fingerprint density at radius 3 is 2.71 bits per heavy atom. The Hall–Kier alpha value is -2.75. The van der Waals surface area contributed by atoms with E-state index in [2.05, 4.69) is 44.1 Å². The van der Waals surface area contributed by atoms with E-state index < -0.39 is 12.4 Å². The van der Waals surface area contributed by atoms with Crippen molar-refractivity contribution in [1.29, 1.82) is 0 Å². The largest absolute Gasteiger partial charge is 0.487 e. The summed E-state index contributed by atoms with van der Waals surface area (Å²) in [5.41, 5.74) is 0.652. The second-order valence-electron chi connectivity index (χ2n) is 10.3. The van der Waals surface area contributed by atoms with Crippen molar-refractivity contribution in [2.24, 2.45) is 0 Å². The first-order chi connectivity index (χ1) is 16.8.